The molecule has 1 fully saturated rings. The van der Waals surface area contributed by atoms with Crippen LogP contribution in [0.3, 0.4) is 0 Å². The zero-order valence-corrected chi connectivity index (χ0v) is 16.8. The van der Waals surface area contributed by atoms with E-state index in [4.69, 9.17) is 4.74 Å². The van der Waals surface area contributed by atoms with Crippen LogP contribution in [0.4, 0.5) is 4.79 Å². The molecule has 8 nitrogen and oxygen atoms in total. The molecule has 3 amide bonds. The summed E-state index contributed by atoms with van der Waals surface area (Å²) < 4.78 is 5.33. The number of hydrazine groups is 1. The second-order valence-corrected chi connectivity index (χ2v) is 8.64. The molecule has 0 bridgehead atoms. The lowest BCUT2D eigenvalue weighted by Gasteiger charge is -2.42. The third kappa shape index (κ3) is 3.98. The van der Waals surface area contributed by atoms with E-state index in [1.165, 1.54) is 12.1 Å². The van der Waals surface area contributed by atoms with Crippen LogP contribution in [0, 0.1) is 11.8 Å². The van der Waals surface area contributed by atoms with E-state index in [1.807, 2.05) is 6.08 Å². The first-order valence-corrected chi connectivity index (χ1v) is 9.71. The Labute approximate surface area is 165 Å². The largest absolute Gasteiger partial charge is 0.443 e. The molecule has 2 heterocycles. The summed E-state index contributed by atoms with van der Waals surface area (Å²) in [6.45, 7) is 5.22. The molecule has 0 aromatic heterocycles. The van der Waals surface area contributed by atoms with Crippen molar-refractivity contribution in [2.75, 3.05) is 7.05 Å². The van der Waals surface area contributed by atoms with Crippen LogP contribution >= 0.6 is 0 Å². The SMILES string of the molecule is CN1C(=O)C2C=CC(C(O)C3CC=CCC3)N(NC(=O)OC(C)(C)C)C2C1=O. The molecule has 1 aliphatic carbocycles. The predicted molar refractivity (Wildman–Crippen MR) is 102 cm³/mol. The van der Waals surface area contributed by atoms with E-state index in [-0.39, 0.29) is 11.8 Å². The van der Waals surface area contributed by atoms with Gasteiger partial charge in [-0.1, -0.05) is 24.3 Å². The smallest absolute Gasteiger partial charge is 0.422 e. The fraction of sp³-hybridized carbons (Fsp3) is 0.650. The molecule has 0 saturated carbocycles. The predicted octanol–water partition coefficient (Wildman–Crippen LogP) is 1.37. The fourth-order valence-electron chi connectivity index (χ4n) is 4.05. The lowest BCUT2D eigenvalue weighted by atomic mass is 9.83. The highest BCUT2D eigenvalue weighted by atomic mass is 16.6. The first kappa shape index (κ1) is 20.5. The van der Waals surface area contributed by atoms with Crippen molar-refractivity contribution >= 4 is 17.9 Å². The van der Waals surface area contributed by atoms with Crippen LogP contribution in [0.15, 0.2) is 24.3 Å². The quantitative estimate of drug-likeness (QED) is 0.557. The van der Waals surface area contributed by atoms with Gasteiger partial charge in [0.25, 0.3) is 0 Å². The maximum atomic E-state index is 12.7. The summed E-state index contributed by atoms with van der Waals surface area (Å²) in [5, 5.41) is 12.4. The molecule has 8 heteroatoms. The molecule has 0 radical (unpaired) electrons. The van der Waals surface area contributed by atoms with E-state index in [1.54, 1.807) is 32.9 Å². The maximum Gasteiger partial charge on any atom is 0.422 e. The number of rotatable bonds is 3. The summed E-state index contributed by atoms with van der Waals surface area (Å²) in [6, 6.07) is -1.53. The minimum Gasteiger partial charge on any atom is -0.443 e. The molecule has 2 aliphatic heterocycles. The Morgan fingerprint density at radius 1 is 1.25 bits per heavy atom. The van der Waals surface area contributed by atoms with Gasteiger partial charge in [0.05, 0.1) is 18.1 Å². The number of amides is 3. The first-order chi connectivity index (χ1) is 13.1. The molecule has 3 rings (SSSR count). The number of likely N-dealkylation sites (N-methyl/N-ethyl adjacent to an activating group) is 1. The summed E-state index contributed by atoms with van der Waals surface area (Å²) >= 11 is 0. The number of nitrogens with zero attached hydrogens (tertiary/aromatic N) is 2. The van der Waals surface area contributed by atoms with Crippen molar-refractivity contribution in [1.29, 1.82) is 0 Å². The Bertz CT molecular complexity index is 711. The van der Waals surface area contributed by atoms with Gasteiger partial charge in [0, 0.05) is 7.05 Å². The number of hydrogen-bond donors (Lipinski definition) is 2. The van der Waals surface area contributed by atoms with Crippen LogP contribution in [-0.4, -0.2) is 63.8 Å². The topological polar surface area (TPSA) is 99.2 Å². The van der Waals surface area contributed by atoms with Crippen LogP contribution in [0.5, 0.6) is 0 Å². The number of imide groups is 1. The van der Waals surface area contributed by atoms with Crippen LogP contribution in [0.1, 0.15) is 40.0 Å². The van der Waals surface area contributed by atoms with Gasteiger partial charge in [-0.05, 0) is 46.0 Å². The standard InChI is InChI=1S/C20H29N3O5/c1-20(2,3)28-19(27)21-23-14(16(24)12-8-6-5-7-9-12)11-10-13-15(23)18(26)22(4)17(13)25/h5-6,10-16,24H,7-9H2,1-4H3,(H,21,27). The molecule has 5 atom stereocenters. The average Bonchev–Trinajstić information content (AvgIpc) is 2.85. The number of aliphatic hydroxyl groups excluding tert-OH is 1. The third-order valence-corrected chi connectivity index (χ3v) is 5.44. The van der Waals surface area contributed by atoms with Crippen LogP contribution in [-0.2, 0) is 14.3 Å². The summed E-state index contributed by atoms with van der Waals surface area (Å²) in [5.74, 6) is -1.42. The first-order valence-electron chi connectivity index (χ1n) is 9.71. The second-order valence-electron chi connectivity index (χ2n) is 8.64. The zero-order chi connectivity index (χ0) is 20.6. The second kappa shape index (κ2) is 7.67. The van der Waals surface area contributed by atoms with Crippen molar-refractivity contribution in [2.45, 2.75) is 63.8 Å². The molecular weight excluding hydrogens is 362 g/mol. The normalized spacial score (nSPS) is 31.7. The molecule has 0 aromatic carbocycles. The molecule has 154 valence electrons. The van der Waals surface area contributed by atoms with Crippen molar-refractivity contribution < 1.29 is 24.2 Å². The van der Waals surface area contributed by atoms with Gasteiger partial charge >= 0.3 is 6.09 Å². The summed E-state index contributed by atoms with van der Waals surface area (Å²) in [5.41, 5.74) is 1.91. The number of allylic oxidation sites excluding steroid dienone is 2. The Hall–Kier alpha value is -2.19. The van der Waals surface area contributed by atoms with Crippen molar-refractivity contribution in [3.05, 3.63) is 24.3 Å². The van der Waals surface area contributed by atoms with Crippen molar-refractivity contribution in [2.24, 2.45) is 11.8 Å². The number of ether oxygens (including phenoxy) is 1. The van der Waals surface area contributed by atoms with E-state index >= 15 is 0 Å². The molecule has 1 saturated heterocycles. The van der Waals surface area contributed by atoms with E-state index in [9.17, 15) is 19.5 Å². The maximum absolute atomic E-state index is 12.7. The molecule has 3 aliphatic rings. The number of carbonyl (C=O) groups is 3. The lowest BCUT2D eigenvalue weighted by Crippen LogP contribution is -2.63. The summed E-state index contributed by atoms with van der Waals surface area (Å²) in [7, 11) is 1.43. The van der Waals surface area contributed by atoms with Crippen LogP contribution < -0.4 is 5.43 Å². The summed E-state index contributed by atoms with van der Waals surface area (Å²) in [4.78, 5) is 38.6. The Morgan fingerprint density at radius 2 is 1.96 bits per heavy atom. The summed E-state index contributed by atoms with van der Waals surface area (Å²) in [6.07, 6.45) is 8.42. The fourth-order valence-corrected chi connectivity index (χ4v) is 4.05. The Kier molecular flexibility index (Phi) is 5.63. The molecule has 5 unspecified atom stereocenters. The molecule has 0 spiro atoms. The number of carbonyl (C=O) groups excluding carboxylic acids is 3. The molecular formula is C20H29N3O5. The Morgan fingerprint density at radius 3 is 2.57 bits per heavy atom. The highest BCUT2D eigenvalue weighted by Crippen LogP contribution is 2.34. The minimum atomic E-state index is -0.895. The lowest BCUT2D eigenvalue weighted by molar-refractivity contribution is -0.139. The van der Waals surface area contributed by atoms with Gasteiger partial charge < -0.3 is 9.84 Å². The van der Waals surface area contributed by atoms with Gasteiger partial charge in [-0.15, -0.1) is 0 Å². The van der Waals surface area contributed by atoms with E-state index in [0.29, 0.717) is 0 Å². The highest BCUT2D eigenvalue weighted by molar-refractivity contribution is 6.08. The number of fused-ring (bicyclic) bond motifs is 1. The number of hydrogen-bond acceptors (Lipinski definition) is 6. The average molecular weight is 391 g/mol. The zero-order valence-electron chi connectivity index (χ0n) is 16.8. The van der Waals surface area contributed by atoms with Gasteiger partial charge in [-0.3, -0.25) is 19.9 Å². The van der Waals surface area contributed by atoms with Gasteiger partial charge in [0.15, 0.2) is 0 Å². The molecule has 0 aromatic rings. The van der Waals surface area contributed by atoms with Crippen molar-refractivity contribution in [3.8, 4) is 0 Å². The van der Waals surface area contributed by atoms with E-state index < -0.39 is 41.7 Å². The number of nitrogens with one attached hydrogen (secondary N) is 1. The molecule has 28 heavy (non-hydrogen) atoms. The van der Waals surface area contributed by atoms with Crippen molar-refractivity contribution in [1.82, 2.24) is 15.3 Å². The third-order valence-electron chi connectivity index (χ3n) is 5.44. The number of aliphatic hydroxyl groups is 1. The van der Waals surface area contributed by atoms with Crippen molar-refractivity contribution in [3.63, 3.8) is 0 Å². The number of likely N-dealkylation sites (tertiary alicyclic amines) is 1. The van der Waals surface area contributed by atoms with Gasteiger partial charge in [0.1, 0.15) is 11.6 Å². The minimum absolute atomic E-state index is 0.00377. The highest BCUT2D eigenvalue weighted by Gasteiger charge is 2.53. The van der Waals surface area contributed by atoms with E-state index in [0.717, 1.165) is 24.2 Å². The van der Waals surface area contributed by atoms with Crippen LogP contribution in [0.2, 0.25) is 0 Å². The monoisotopic (exact) mass is 391 g/mol. The van der Waals surface area contributed by atoms with Gasteiger partial charge in [-0.2, -0.15) is 5.01 Å². The van der Waals surface area contributed by atoms with Crippen LogP contribution in [0.25, 0.3) is 0 Å². The van der Waals surface area contributed by atoms with Gasteiger partial charge in [-0.25, -0.2) is 4.79 Å². The Balaban J connectivity index is 1.88. The van der Waals surface area contributed by atoms with E-state index in [2.05, 4.69) is 11.5 Å². The molecule has 2 N–H and O–H groups in total. The van der Waals surface area contributed by atoms with Gasteiger partial charge in [0.2, 0.25) is 11.8 Å².